The van der Waals surface area contributed by atoms with E-state index in [9.17, 15) is 19.8 Å². The number of carbonyl (C=O) groups excluding carboxylic acids is 2. The van der Waals surface area contributed by atoms with Crippen LogP contribution in [-0.4, -0.2) is 36.1 Å². The first kappa shape index (κ1) is 21.0. The predicted molar refractivity (Wildman–Crippen MR) is 119 cm³/mol. The molecule has 1 atom stereocenters. The zero-order valence-corrected chi connectivity index (χ0v) is 17.5. The van der Waals surface area contributed by atoms with Crippen LogP contribution in [0.25, 0.3) is 5.76 Å². The molecule has 0 saturated carbocycles. The fourth-order valence-corrected chi connectivity index (χ4v) is 3.84. The van der Waals surface area contributed by atoms with Crippen LogP contribution in [0.1, 0.15) is 17.2 Å². The molecule has 4 rings (SSSR count). The minimum Gasteiger partial charge on any atom is -0.507 e. The summed E-state index contributed by atoms with van der Waals surface area (Å²) in [7, 11) is 2.95. The number of hydrogen-bond donors (Lipinski definition) is 2. The van der Waals surface area contributed by atoms with Crippen LogP contribution in [0.4, 0.5) is 5.69 Å². The van der Waals surface area contributed by atoms with Gasteiger partial charge in [-0.25, -0.2) is 0 Å². The Morgan fingerprint density at radius 3 is 2.19 bits per heavy atom. The van der Waals surface area contributed by atoms with Crippen molar-refractivity contribution >= 4 is 23.1 Å². The molecule has 0 aromatic heterocycles. The van der Waals surface area contributed by atoms with E-state index >= 15 is 0 Å². The number of hydrogen-bond acceptors (Lipinski definition) is 6. The Kier molecular flexibility index (Phi) is 5.55. The van der Waals surface area contributed by atoms with E-state index in [0.29, 0.717) is 22.6 Å². The minimum absolute atomic E-state index is 0.0864. The maximum Gasteiger partial charge on any atom is 0.300 e. The van der Waals surface area contributed by atoms with Gasteiger partial charge in [0, 0.05) is 5.56 Å². The molecule has 1 aliphatic heterocycles. The monoisotopic (exact) mass is 431 g/mol. The van der Waals surface area contributed by atoms with Crippen molar-refractivity contribution < 1.29 is 29.3 Å². The number of methoxy groups -OCH3 is 2. The second-order valence-electron chi connectivity index (χ2n) is 7.14. The lowest BCUT2D eigenvalue weighted by atomic mass is 9.95. The van der Waals surface area contributed by atoms with Crippen molar-refractivity contribution in [1.82, 2.24) is 0 Å². The molecule has 3 aromatic carbocycles. The normalized spacial score (nSPS) is 17.4. The van der Waals surface area contributed by atoms with Gasteiger partial charge in [0.1, 0.15) is 11.5 Å². The molecule has 32 heavy (non-hydrogen) atoms. The predicted octanol–water partition coefficient (Wildman–Crippen LogP) is 4.04. The summed E-state index contributed by atoms with van der Waals surface area (Å²) in [5.41, 5.74) is 0.988. The molecule has 1 heterocycles. The Balaban J connectivity index is 1.95. The summed E-state index contributed by atoms with van der Waals surface area (Å²) in [4.78, 5) is 27.4. The molecule has 0 radical (unpaired) electrons. The lowest BCUT2D eigenvalue weighted by Gasteiger charge is -2.26. The molecule has 1 aliphatic rings. The van der Waals surface area contributed by atoms with Crippen LogP contribution in [0.3, 0.4) is 0 Å². The third-order valence-electron chi connectivity index (χ3n) is 5.36. The third kappa shape index (κ3) is 3.43. The van der Waals surface area contributed by atoms with Gasteiger partial charge in [0.25, 0.3) is 11.7 Å². The number of ether oxygens (including phenoxy) is 2. The number of aliphatic hydroxyl groups excluding tert-OH is 1. The lowest BCUT2D eigenvalue weighted by Crippen LogP contribution is -2.29. The second-order valence-corrected chi connectivity index (χ2v) is 7.14. The number of Topliss-reactive ketones (excluding diaryl/α,β-unsaturated/α-hetero) is 1. The van der Waals surface area contributed by atoms with Crippen molar-refractivity contribution in [2.24, 2.45) is 0 Å². The molecule has 1 unspecified atom stereocenters. The average molecular weight is 431 g/mol. The van der Waals surface area contributed by atoms with Gasteiger partial charge in [-0.15, -0.1) is 0 Å². The van der Waals surface area contributed by atoms with Crippen LogP contribution in [-0.2, 0) is 9.59 Å². The lowest BCUT2D eigenvalue weighted by molar-refractivity contribution is -0.132. The van der Waals surface area contributed by atoms with Gasteiger partial charge in [-0.1, -0.05) is 42.5 Å². The third-order valence-corrected chi connectivity index (χ3v) is 5.36. The van der Waals surface area contributed by atoms with Gasteiger partial charge in [-0.3, -0.25) is 14.5 Å². The highest BCUT2D eigenvalue weighted by molar-refractivity contribution is 6.51. The summed E-state index contributed by atoms with van der Waals surface area (Å²) in [5, 5.41) is 21.6. The molecule has 7 heteroatoms. The number of anilines is 1. The van der Waals surface area contributed by atoms with E-state index < -0.39 is 17.7 Å². The van der Waals surface area contributed by atoms with Crippen LogP contribution in [0.5, 0.6) is 17.2 Å². The number of ketones is 1. The topological polar surface area (TPSA) is 96.3 Å². The van der Waals surface area contributed by atoms with Crippen LogP contribution < -0.4 is 14.4 Å². The van der Waals surface area contributed by atoms with Crippen LogP contribution in [0, 0.1) is 0 Å². The molecule has 1 amide bonds. The first-order chi connectivity index (χ1) is 15.5. The number of amides is 1. The molecule has 0 aliphatic carbocycles. The van der Waals surface area contributed by atoms with Crippen molar-refractivity contribution in [1.29, 1.82) is 0 Å². The van der Waals surface area contributed by atoms with Crippen molar-refractivity contribution in [3.63, 3.8) is 0 Å². The number of carbonyl (C=O) groups is 2. The number of aliphatic hydroxyl groups is 1. The van der Waals surface area contributed by atoms with Gasteiger partial charge >= 0.3 is 0 Å². The number of nitrogens with zero attached hydrogens (tertiary/aromatic N) is 1. The summed E-state index contributed by atoms with van der Waals surface area (Å²) in [6.07, 6.45) is 0. The highest BCUT2D eigenvalue weighted by Crippen LogP contribution is 2.45. The number of rotatable bonds is 5. The molecule has 7 nitrogen and oxygen atoms in total. The van der Waals surface area contributed by atoms with Crippen LogP contribution >= 0.6 is 0 Å². The first-order valence-corrected chi connectivity index (χ1v) is 9.84. The fourth-order valence-electron chi connectivity index (χ4n) is 3.84. The van der Waals surface area contributed by atoms with Crippen molar-refractivity contribution in [2.45, 2.75) is 6.04 Å². The smallest absolute Gasteiger partial charge is 0.300 e. The molecule has 1 saturated heterocycles. The van der Waals surface area contributed by atoms with Crippen LogP contribution in [0.2, 0.25) is 0 Å². The van der Waals surface area contributed by atoms with Crippen molar-refractivity contribution in [3.05, 3.63) is 89.5 Å². The summed E-state index contributed by atoms with van der Waals surface area (Å²) in [6.45, 7) is 0. The first-order valence-electron chi connectivity index (χ1n) is 9.84. The van der Waals surface area contributed by atoms with E-state index in [1.165, 1.54) is 31.3 Å². The van der Waals surface area contributed by atoms with Crippen molar-refractivity contribution in [3.8, 4) is 17.2 Å². The van der Waals surface area contributed by atoms with E-state index in [1.54, 1.807) is 54.6 Å². The van der Waals surface area contributed by atoms with Gasteiger partial charge < -0.3 is 19.7 Å². The maximum atomic E-state index is 13.1. The molecule has 162 valence electrons. The summed E-state index contributed by atoms with van der Waals surface area (Å²) in [5.74, 6) is -1.38. The van der Waals surface area contributed by atoms with Gasteiger partial charge in [-0.05, 0) is 35.9 Å². The standard InChI is InChI=1S/C25H21NO6/c1-31-19-13-12-16(14-20(19)32-2)23(28)21-22(15-8-4-3-5-9-15)26(25(30)24(21)29)17-10-6-7-11-18(17)27/h3-14,22,27-28H,1-2H3/b23-21-. The van der Waals surface area contributed by atoms with E-state index in [1.807, 2.05) is 6.07 Å². The molecule has 3 aromatic rings. The molecule has 1 fully saturated rings. The Morgan fingerprint density at radius 2 is 1.53 bits per heavy atom. The Morgan fingerprint density at radius 1 is 0.875 bits per heavy atom. The SMILES string of the molecule is COc1ccc(/C(O)=C2/C(=O)C(=O)N(c3ccccc3O)C2c2ccccc2)cc1OC. The number of benzene rings is 3. The summed E-state index contributed by atoms with van der Waals surface area (Å²) in [6, 6.07) is 18.9. The Hall–Kier alpha value is -4.26. The molecule has 0 bridgehead atoms. The molecular formula is C25H21NO6. The quantitative estimate of drug-likeness (QED) is 0.360. The van der Waals surface area contributed by atoms with E-state index in [2.05, 4.69) is 0 Å². The molecule has 0 spiro atoms. The number of phenols is 1. The van der Waals surface area contributed by atoms with Crippen LogP contribution in [0.15, 0.2) is 78.4 Å². The number of aromatic hydroxyl groups is 1. The van der Waals surface area contributed by atoms with Gasteiger partial charge in [0.05, 0.1) is 31.5 Å². The average Bonchev–Trinajstić information content (AvgIpc) is 3.09. The second kappa shape index (κ2) is 8.47. The Bertz CT molecular complexity index is 1220. The Labute approximate surface area is 184 Å². The minimum atomic E-state index is -0.933. The van der Waals surface area contributed by atoms with E-state index in [-0.39, 0.29) is 22.8 Å². The zero-order valence-electron chi connectivity index (χ0n) is 17.5. The number of phenolic OH excluding ortho intramolecular Hbond substituents is 1. The van der Waals surface area contributed by atoms with Gasteiger partial charge in [0.2, 0.25) is 0 Å². The fraction of sp³-hybridized carbons (Fsp3) is 0.120. The zero-order chi connectivity index (χ0) is 22.8. The van der Waals surface area contributed by atoms with Gasteiger partial charge in [0.15, 0.2) is 11.5 Å². The van der Waals surface area contributed by atoms with E-state index in [4.69, 9.17) is 9.47 Å². The molecule has 2 N–H and O–H groups in total. The summed E-state index contributed by atoms with van der Waals surface area (Å²) < 4.78 is 10.5. The molecular weight excluding hydrogens is 410 g/mol. The maximum absolute atomic E-state index is 13.1. The largest absolute Gasteiger partial charge is 0.507 e. The van der Waals surface area contributed by atoms with E-state index in [0.717, 1.165) is 0 Å². The van der Waals surface area contributed by atoms with Gasteiger partial charge in [-0.2, -0.15) is 0 Å². The summed E-state index contributed by atoms with van der Waals surface area (Å²) >= 11 is 0. The number of para-hydroxylation sites is 2. The highest BCUT2D eigenvalue weighted by Gasteiger charge is 2.47. The van der Waals surface area contributed by atoms with Crippen molar-refractivity contribution in [2.75, 3.05) is 19.1 Å². The highest BCUT2D eigenvalue weighted by atomic mass is 16.5.